The van der Waals surface area contributed by atoms with Gasteiger partial charge in [-0.2, -0.15) is 0 Å². The molecule has 8 nitrogen and oxygen atoms in total. The number of pyridine rings is 2. The number of carbonyl (C=O) groups excluding carboxylic acids is 1. The number of hydrogen-bond donors (Lipinski definition) is 1. The fourth-order valence-electron chi connectivity index (χ4n) is 3.23. The van der Waals surface area contributed by atoms with Crippen LogP contribution in [0.3, 0.4) is 0 Å². The molecular weight excluding hydrogens is 368 g/mol. The second-order valence-electron chi connectivity index (χ2n) is 7.07. The Hall–Kier alpha value is -3.30. The van der Waals surface area contributed by atoms with Gasteiger partial charge in [-0.15, -0.1) is 5.10 Å². The zero-order chi connectivity index (χ0) is 19.3. The van der Waals surface area contributed by atoms with Crippen LogP contribution >= 0.6 is 0 Å². The van der Waals surface area contributed by atoms with Gasteiger partial charge in [0.05, 0.1) is 25.0 Å². The summed E-state index contributed by atoms with van der Waals surface area (Å²) in [6.07, 6.45) is 5.91. The Morgan fingerprint density at radius 2 is 2.00 bits per heavy atom. The highest BCUT2D eigenvalue weighted by molar-refractivity contribution is 5.90. The zero-order valence-electron chi connectivity index (χ0n) is 14.8. The van der Waals surface area contributed by atoms with Crippen molar-refractivity contribution >= 4 is 28.4 Å². The van der Waals surface area contributed by atoms with E-state index in [-0.39, 0.29) is 19.1 Å². The lowest BCUT2D eigenvalue weighted by atomic mass is 10.1. The molecule has 28 heavy (non-hydrogen) atoms. The summed E-state index contributed by atoms with van der Waals surface area (Å²) < 4.78 is 27.8. The predicted molar refractivity (Wildman–Crippen MR) is 99.0 cm³/mol. The average Bonchev–Trinajstić information content (AvgIpc) is 3.01. The number of urea groups is 1. The number of aromatic nitrogens is 4. The van der Waals surface area contributed by atoms with Gasteiger partial charge in [0.25, 0.3) is 5.92 Å². The molecule has 2 fully saturated rings. The Kier molecular flexibility index (Phi) is 3.68. The molecule has 0 unspecified atom stereocenters. The van der Waals surface area contributed by atoms with Crippen molar-refractivity contribution in [1.29, 1.82) is 0 Å². The fourth-order valence-corrected chi connectivity index (χ4v) is 3.23. The Morgan fingerprint density at radius 3 is 2.71 bits per heavy atom. The standard InChI is InChI=1S/C18H17F2N7O/c19-18(20)10-26(11-18)14-6-12-9-27(24-16(12)22-8-14)15-7-13(2-3-21-15)23-17(28)25-4-1-5-25/h2-3,6-9H,1,4-5,10-11H2,(H,21,23,28). The van der Waals surface area contributed by atoms with E-state index in [2.05, 4.69) is 20.4 Å². The summed E-state index contributed by atoms with van der Waals surface area (Å²) in [5.74, 6) is -2.11. The van der Waals surface area contributed by atoms with Crippen LogP contribution in [0.15, 0.2) is 36.8 Å². The maximum absolute atomic E-state index is 13.1. The fraction of sp³-hybridized carbons (Fsp3) is 0.333. The third-order valence-corrected chi connectivity index (χ3v) is 4.93. The molecule has 0 bridgehead atoms. The molecule has 0 spiro atoms. The molecule has 144 valence electrons. The van der Waals surface area contributed by atoms with Crippen LogP contribution in [0.5, 0.6) is 0 Å². The van der Waals surface area contributed by atoms with Crippen molar-refractivity contribution < 1.29 is 13.6 Å². The van der Waals surface area contributed by atoms with Crippen molar-refractivity contribution in [3.05, 3.63) is 36.8 Å². The molecule has 10 heteroatoms. The minimum absolute atomic E-state index is 0.133. The molecule has 3 aromatic rings. The number of hydrogen-bond acceptors (Lipinski definition) is 5. The Balaban J connectivity index is 1.38. The molecule has 0 aliphatic carbocycles. The molecule has 0 radical (unpaired) electrons. The zero-order valence-corrected chi connectivity index (χ0v) is 14.8. The Morgan fingerprint density at radius 1 is 1.18 bits per heavy atom. The quantitative estimate of drug-likeness (QED) is 0.750. The van der Waals surface area contributed by atoms with E-state index in [1.165, 1.54) is 0 Å². The van der Waals surface area contributed by atoms with Crippen molar-refractivity contribution in [1.82, 2.24) is 24.6 Å². The first-order valence-corrected chi connectivity index (χ1v) is 8.97. The van der Waals surface area contributed by atoms with E-state index < -0.39 is 5.92 Å². The number of likely N-dealkylation sites (tertiary alicyclic amines) is 1. The number of alkyl halides is 2. The molecule has 2 aliphatic rings. The lowest BCUT2D eigenvalue weighted by molar-refractivity contribution is -0.0262. The third-order valence-electron chi connectivity index (χ3n) is 4.93. The van der Waals surface area contributed by atoms with Crippen LogP contribution in [-0.2, 0) is 0 Å². The van der Waals surface area contributed by atoms with Gasteiger partial charge in [0.2, 0.25) is 0 Å². The molecule has 1 N–H and O–H groups in total. The van der Waals surface area contributed by atoms with Crippen molar-refractivity contribution in [2.24, 2.45) is 0 Å². The maximum Gasteiger partial charge on any atom is 0.321 e. The van der Waals surface area contributed by atoms with Gasteiger partial charge in [0.1, 0.15) is 0 Å². The highest BCUT2D eigenvalue weighted by Gasteiger charge is 2.44. The van der Waals surface area contributed by atoms with Crippen LogP contribution in [0.25, 0.3) is 16.9 Å². The average molecular weight is 385 g/mol. The summed E-state index contributed by atoms with van der Waals surface area (Å²) >= 11 is 0. The number of rotatable bonds is 3. The van der Waals surface area contributed by atoms with Crippen molar-refractivity contribution in [3.8, 4) is 5.82 Å². The van der Waals surface area contributed by atoms with Crippen LogP contribution in [0.4, 0.5) is 25.0 Å². The molecular formula is C18H17F2N7O. The third kappa shape index (κ3) is 3.00. The topological polar surface area (TPSA) is 79.2 Å². The van der Waals surface area contributed by atoms with E-state index >= 15 is 0 Å². The maximum atomic E-state index is 13.1. The van der Waals surface area contributed by atoms with Gasteiger partial charge < -0.3 is 15.1 Å². The minimum atomic E-state index is -2.63. The number of fused-ring (bicyclic) bond motifs is 1. The van der Waals surface area contributed by atoms with E-state index in [0.717, 1.165) is 24.9 Å². The number of nitrogens with zero attached hydrogens (tertiary/aromatic N) is 6. The molecule has 5 rings (SSSR count). The van der Waals surface area contributed by atoms with Gasteiger partial charge in [0, 0.05) is 42.6 Å². The van der Waals surface area contributed by atoms with Gasteiger partial charge in [-0.1, -0.05) is 0 Å². The largest absolute Gasteiger partial charge is 0.358 e. The van der Waals surface area contributed by atoms with Gasteiger partial charge >= 0.3 is 6.03 Å². The van der Waals surface area contributed by atoms with E-state index in [0.29, 0.717) is 22.8 Å². The first-order chi connectivity index (χ1) is 13.5. The molecule has 5 heterocycles. The highest BCUT2D eigenvalue weighted by Crippen LogP contribution is 2.32. The van der Waals surface area contributed by atoms with Gasteiger partial charge in [0.15, 0.2) is 11.5 Å². The first-order valence-electron chi connectivity index (χ1n) is 8.97. The molecule has 0 saturated carbocycles. The summed E-state index contributed by atoms with van der Waals surface area (Å²) in [6.45, 7) is 0.944. The van der Waals surface area contributed by atoms with Gasteiger partial charge in [-0.25, -0.2) is 28.2 Å². The summed E-state index contributed by atoms with van der Waals surface area (Å²) in [5.41, 5.74) is 1.76. The van der Waals surface area contributed by atoms with Crippen LogP contribution in [0.2, 0.25) is 0 Å². The van der Waals surface area contributed by atoms with Gasteiger partial charge in [-0.3, -0.25) is 0 Å². The molecule has 0 aromatic carbocycles. The second kappa shape index (κ2) is 6.11. The number of anilines is 2. The minimum Gasteiger partial charge on any atom is -0.358 e. The summed E-state index contributed by atoms with van der Waals surface area (Å²) in [7, 11) is 0. The Bertz CT molecular complexity index is 1060. The van der Waals surface area contributed by atoms with E-state index in [4.69, 9.17) is 0 Å². The summed E-state index contributed by atoms with van der Waals surface area (Å²) in [6, 6.07) is 5.09. The summed E-state index contributed by atoms with van der Waals surface area (Å²) in [4.78, 5) is 23.9. The van der Waals surface area contributed by atoms with Crippen molar-refractivity contribution in [2.45, 2.75) is 12.3 Å². The molecule has 0 atom stereocenters. The lowest BCUT2D eigenvalue weighted by Crippen LogP contribution is -2.56. The number of amides is 2. The first kappa shape index (κ1) is 16.8. The highest BCUT2D eigenvalue weighted by atomic mass is 19.3. The summed E-state index contributed by atoms with van der Waals surface area (Å²) in [5, 5.41) is 7.97. The molecule has 2 amide bonds. The van der Waals surface area contributed by atoms with Gasteiger partial charge in [-0.05, 0) is 18.6 Å². The van der Waals surface area contributed by atoms with E-state index in [1.807, 2.05) is 0 Å². The smallest absolute Gasteiger partial charge is 0.321 e. The van der Waals surface area contributed by atoms with E-state index in [1.54, 1.807) is 51.3 Å². The number of halogens is 2. The molecule has 2 saturated heterocycles. The predicted octanol–water partition coefficient (Wildman–Crippen LogP) is 2.51. The number of carbonyl (C=O) groups is 1. The van der Waals surface area contributed by atoms with Crippen LogP contribution in [-0.4, -0.2) is 62.8 Å². The van der Waals surface area contributed by atoms with Crippen LogP contribution in [0, 0.1) is 0 Å². The number of nitrogens with one attached hydrogen (secondary N) is 1. The lowest BCUT2D eigenvalue weighted by Gasteiger charge is -2.40. The second-order valence-corrected chi connectivity index (χ2v) is 7.07. The molecule has 2 aliphatic heterocycles. The van der Waals surface area contributed by atoms with Crippen LogP contribution in [0.1, 0.15) is 6.42 Å². The van der Waals surface area contributed by atoms with Crippen LogP contribution < -0.4 is 10.2 Å². The monoisotopic (exact) mass is 385 g/mol. The van der Waals surface area contributed by atoms with E-state index in [9.17, 15) is 13.6 Å². The SMILES string of the molecule is O=C(Nc1ccnc(-n2cc3cc(N4CC(F)(F)C4)cnc3n2)c1)N1CCC1. The Labute approximate surface area is 158 Å². The molecule has 3 aromatic heterocycles. The van der Waals surface area contributed by atoms with Crippen molar-refractivity contribution in [3.63, 3.8) is 0 Å². The normalized spacial score (nSPS) is 17.9. The van der Waals surface area contributed by atoms with Crippen molar-refractivity contribution in [2.75, 3.05) is 36.4 Å².